The predicted molar refractivity (Wildman–Crippen MR) is 168 cm³/mol. The summed E-state index contributed by atoms with van der Waals surface area (Å²) in [5, 5.41) is 21.7. The molecule has 5 aliphatic rings. The van der Waals surface area contributed by atoms with Gasteiger partial charge in [0.25, 0.3) is 0 Å². The van der Waals surface area contributed by atoms with Gasteiger partial charge in [0, 0.05) is 22.9 Å². The zero-order valence-electron chi connectivity index (χ0n) is 25.0. The number of hydrogen-bond acceptors (Lipinski definition) is 6. The van der Waals surface area contributed by atoms with Gasteiger partial charge in [0.05, 0.1) is 11.4 Å². The Morgan fingerprint density at radius 2 is 1.72 bits per heavy atom. The van der Waals surface area contributed by atoms with Gasteiger partial charge in [-0.25, -0.2) is 36.8 Å². The van der Waals surface area contributed by atoms with E-state index in [2.05, 4.69) is 4.98 Å². The quantitative estimate of drug-likeness (QED) is 0.205. The number of aromatic nitrogens is 3. The highest BCUT2D eigenvalue weighted by molar-refractivity contribution is 7.89. The van der Waals surface area contributed by atoms with Crippen molar-refractivity contribution < 1.29 is 27.1 Å². The number of nitrogens with zero attached hydrogens (tertiary/aromatic N) is 3. The molecule has 5 aliphatic carbocycles. The van der Waals surface area contributed by atoms with Crippen molar-refractivity contribution in [3.63, 3.8) is 0 Å². The summed E-state index contributed by atoms with van der Waals surface area (Å²) in [5.74, 6) is 0.784. The van der Waals surface area contributed by atoms with E-state index >= 15 is 8.78 Å². The largest absolute Gasteiger partial charge is 0.476 e. The van der Waals surface area contributed by atoms with Gasteiger partial charge in [-0.1, -0.05) is 6.07 Å². The minimum absolute atomic E-state index is 0.0809. The summed E-state index contributed by atoms with van der Waals surface area (Å²) < 4.78 is 56.2. The molecule has 0 amide bonds. The highest BCUT2D eigenvalue weighted by Crippen LogP contribution is 2.60. The highest BCUT2D eigenvalue weighted by atomic mass is 32.2. The van der Waals surface area contributed by atoms with E-state index < -0.39 is 26.7 Å². The van der Waals surface area contributed by atoms with Crippen molar-refractivity contribution in [3.8, 4) is 16.4 Å². The maximum Gasteiger partial charge on any atom is 0.355 e. The van der Waals surface area contributed by atoms with Crippen molar-refractivity contribution in [3.05, 3.63) is 81.5 Å². The molecule has 0 atom stereocenters. The van der Waals surface area contributed by atoms with Crippen LogP contribution in [-0.2, 0) is 22.9 Å². The minimum atomic E-state index is -4.24. The van der Waals surface area contributed by atoms with E-state index in [1.165, 1.54) is 41.3 Å². The summed E-state index contributed by atoms with van der Waals surface area (Å²) >= 11 is 1.17. The average Bonchev–Trinajstić information content (AvgIpc) is 3.55. The van der Waals surface area contributed by atoms with Gasteiger partial charge in [-0.3, -0.25) is 0 Å². The molecule has 2 aromatic heterocycles. The first-order chi connectivity index (χ1) is 22.0. The third-order valence-electron chi connectivity index (χ3n) is 10.7. The highest BCUT2D eigenvalue weighted by Gasteiger charge is 2.49. The molecular weight excluding hydrogens is 631 g/mol. The number of nitrogens with two attached hydrogens (primary N) is 1. The van der Waals surface area contributed by atoms with Crippen LogP contribution in [0.5, 0.6) is 0 Å². The van der Waals surface area contributed by atoms with E-state index in [1.54, 1.807) is 16.8 Å². The molecule has 9 rings (SSSR count). The molecule has 0 saturated heterocycles. The Morgan fingerprint density at radius 3 is 2.33 bits per heavy atom. The van der Waals surface area contributed by atoms with Crippen LogP contribution in [0.2, 0.25) is 0 Å². The number of benzene rings is 2. The van der Waals surface area contributed by atoms with Crippen molar-refractivity contribution in [2.24, 2.45) is 34.7 Å². The molecule has 12 heteroatoms. The number of sulfonamides is 1. The van der Waals surface area contributed by atoms with Gasteiger partial charge >= 0.3 is 5.97 Å². The molecule has 5 fully saturated rings. The first-order valence-electron chi connectivity index (χ1n) is 15.9. The van der Waals surface area contributed by atoms with Crippen LogP contribution in [0.15, 0.2) is 46.7 Å². The lowest BCUT2D eigenvalue weighted by atomic mass is 9.50. The van der Waals surface area contributed by atoms with E-state index in [4.69, 9.17) is 10.2 Å². The van der Waals surface area contributed by atoms with E-state index in [0.717, 1.165) is 72.7 Å². The summed E-state index contributed by atoms with van der Waals surface area (Å²) in [7, 11) is -4.24. The third-order valence-corrected chi connectivity index (χ3v) is 12.5. The molecule has 4 aromatic rings. The van der Waals surface area contributed by atoms with Gasteiger partial charge in [-0.2, -0.15) is 5.10 Å². The lowest BCUT2D eigenvalue weighted by Crippen LogP contribution is -2.44. The van der Waals surface area contributed by atoms with Crippen LogP contribution in [0.3, 0.4) is 0 Å². The lowest BCUT2D eigenvalue weighted by molar-refractivity contribution is -0.00386. The summed E-state index contributed by atoms with van der Waals surface area (Å²) in [6.07, 6.45) is 8.90. The second-order valence-corrected chi connectivity index (χ2v) is 16.2. The van der Waals surface area contributed by atoms with Crippen LogP contribution in [0.25, 0.3) is 16.4 Å². The number of hydrogen-bond donors (Lipinski definition) is 2. The third kappa shape index (κ3) is 5.37. The van der Waals surface area contributed by atoms with Crippen LogP contribution < -0.4 is 5.14 Å². The van der Waals surface area contributed by atoms with E-state index in [1.807, 2.05) is 6.07 Å². The Balaban J connectivity index is 1.27. The second-order valence-electron chi connectivity index (χ2n) is 13.8. The maximum atomic E-state index is 15.7. The standard InChI is InChI=1S/C34H34F2N4O4S2/c35-26-5-4-21(15-24(26)31-22-8-19-7-20(10-22)11-23(31)9-19)32-25(12-18-3-6-30(27(36)13-18)46(37,43)44)29(14-17-1-2-17)40(39-32)34-38-28(16-45-34)33(41)42/h3-6,13,15-17,19-20,22-23,31H,1-2,7-12,14H2,(H,41,42)(H2,37,43,44). The number of aromatic carboxylic acids is 1. The zero-order chi connectivity index (χ0) is 31.9. The van der Waals surface area contributed by atoms with Gasteiger partial charge < -0.3 is 5.11 Å². The summed E-state index contributed by atoms with van der Waals surface area (Å²) in [5.41, 5.74) is 4.15. The molecule has 0 radical (unpaired) electrons. The van der Waals surface area contributed by atoms with E-state index in [9.17, 15) is 18.3 Å². The van der Waals surface area contributed by atoms with Gasteiger partial charge in [0.1, 0.15) is 16.5 Å². The van der Waals surface area contributed by atoms with Crippen LogP contribution in [0, 0.1) is 41.2 Å². The molecule has 2 aromatic carbocycles. The molecule has 240 valence electrons. The second kappa shape index (κ2) is 11.1. The first kappa shape index (κ1) is 29.9. The Hall–Kier alpha value is -3.48. The predicted octanol–water partition coefficient (Wildman–Crippen LogP) is 6.70. The zero-order valence-corrected chi connectivity index (χ0v) is 26.7. The minimum Gasteiger partial charge on any atom is -0.476 e. The molecule has 0 unspecified atom stereocenters. The number of thiazole rings is 1. The topological polar surface area (TPSA) is 128 Å². The number of carbonyl (C=O) groups is 1. The molecule has 4 bridgehead atoms. The first-order valence-corrected chi connectivity index (χ1v) is 18.4. The Bertz CT molecular complexity index is 1960. The smallest absolute Gasteiger partial charge is 0.355 e. The summed E-state index contributed by atoms with van der Waals surface area (Å²) in [6.45, 7) is 0. The van der Waals surface area contributed by atoms with E-state index in [0.29, 0.717) is 40.6 Å². The van der Waals surface area contributed by atoms with Crippen LogP contribution >= 0.6 is 11.3 Å². The fraction of sp³-hybridized carbons (Fsp3) is 0.441. The number of rotatable bonds is 9. The van der Waals surface area contributed by atoms with Gasteiger partial charge in [-0.05, 0) is 128 Å². The Morgan fingerprint density at radius 1 is 1.00 bits per heavy atom. The van der Waals surface area contributed by atoms with E-state index in [-0.39, 0.29) is 23.8 Å². The van der Waals surface area contributed by atoms with Gasteiger partial charge in [0.2, 0.25) is 15.2 Å². The monoisotopic (exact) mass is 664 g/mol. The molecule has 0 aliphatic heterocycles. The molecule has 3 N–H and O–H groups in total. The van der Waals surface area contributed by atoms with Crippen molar-refractivity contribution >= 4 is 27.3 Å². The van der Waals surface area contributed by atoms with Crippen molar-refractivity contribution in [1.82, 2.24) is 14.8 Å². The molecule has 2 heterocycles. The summed E-state index contributed by atoms with van der Waals surface area (Å²) in [6, 6.07) is 9.12. The van der Waals surface area contributed by atoms with Crippen LogP contribution in [-0.4, -0.2) is 34.3 Å². The number of halogens is 2. The SMILES string of the molecule is NS(=O)(=O)c1ccc(Cc2c(-c3ccc(F)c(C4C5CC6CC(C5)CC4C6)c3)nn(-c3nc(C(=O)O)cs3)c2CC2CC2)cc1F. The molecular formula is C34H34F2N4O4S2. The molecule has 8 nitrogen and oxygen atoms in total. The van der Waals surface area contributed by atoms with Crippen LogP contribution in [0.4, 0.5) is 8.78 Å². The number of carboxylic acid groups (broad SMARTS) is 1. The normalized spacial score (nSPS) is 25.3. The average molecular weight is 665 g/mol. The van der Waals surface area contributed by atoms with Gasteiger partial charge in [-0.15, -0.1) is 11.3 Å². The van der Waals surface area contributed by atoms with Crippen molar-refractivity contribution in [2.45, 2.75) is 68.6 Å². The lowest BCUT2D eigenvalue weighted by Gasteiger charge is -2.54. The maximum absolute atomic E-state index is 15.7. The number of primary sulfonamides is 1. The Kier molecular flexibility index (Phi) is 7.18. The Labute approximate surface area is 269 Å². The summed E-state index contributed by atoms with van der Waals surface area (Å²) in [4.78, 5) is 15.5. The fourth-order valence-electron chi connectivity index (χ4n) is 8.79. The van der Waals surface area contributed by atoms with Gasteiger partial charge in [0.15, 0.2) is 5.69 Å². The molecule has 0 spiro atoms. The van der Waals surface area contributed by atoms with Crippen molar-refractivity contribution in [2.75, 3.05) is 0 Å². The molecule has 5 saturated carbocycles. The van der Waals surface area contributed by atoms with Crippen molar-refractivity contribution in [1.29, 1.82) is 0 Å². The molecule has 46 heavy (non-hydrogen) atoms. The van der Waals surface area contributed by atoms with Crippen LogP contribution in [0.1, 0.15) is 83.7 Å². The number of carboxylic acids is 1. The fourth-order valence-corrected chi connectivity index (χ4v) is 10.2.